The Labute approximate surface area is 119 Å². The number of amides is 1. The molecule has 0 aliphatic rings. The molecule has 0 bridgehead atoms. The summed E-state index contributed by atoms with van der Waals surface area (Å²) in [5.74, 6) is -0.549. The number of nitrogens with two attached hydrogens (primary N) is 1. The van der Waals surface area contributed by atoms with Crippen molar-refractivity contribution in [3.05, 3.63) is 59.2 Å². The molecule has 0 unspecified atom stereocenters. The highest BCUT2D eigenvalue weighted by Crippen LogP contribution is 2.31. The zero-order valence-corrected chi connectivity index (χ0v) is 11.2. The Kier molecular flexibility index (Phi) is 3.88. The van der Waals surface area contributed by atoms with E-state index in [1.807, 2.05) is 13.0 Å². The maximum Gasteiger partial charge on any atom is 0.416 e. The Morgan fingerprint density at radius 2 is 1.86 bits per heavy atom. The fraction of sp³-hybridized carbons (Fsp3) is 0.133. The summed E-state index contributed by atoms with van der Waals surface area (Å²) in [6, 6.07) is 9.72. The standard InChI is InChI=1S/C15H13F3N2O/c1-9-3-2-4-11(7-9)20-14(21)12-6-5-10(8-13(12)19)15(16,17)18/h2-8H,19H2,1H3,(H,20,21). The summed E-state index contributed by atoms with van der Waals surface area (Å²) in [4.78, 5) is 12.0. The van der Waals surface area contributed by atoms with Crippen molar-refractivity contribution in [2.45, 2.75) is 13.1 Å². The van der Waals surface area contributed by atoms with Gasteiger partial charge in [-0.25, -0.2) is 0 Å². The van der Waals surface area contributed by atoms with Gasteiger partial charge in [-0.2, -0.15) is 13.2 Å². The molecule has 3 N–H and O–H groups in total. The van der Waals surface area contributed by atoms with Gasteiger partial charge in [0.05, 0.1) is 11.1 Å². The van der Waals surface area contributed by atoms with Crippen LogP contribution < -0.4 is 11.1 Å². The zero-order chi connectivity index (χ0) is 15.6. The van der Waals surface area contributed by atoms with Crippen LogP contribution in [-0.2, 0) is 6.18 Å². The van der Waals surface area contributed by atoms with Gasteiger partial charge >= 0.3 is 6.18 Å². The van der Waals surface area contributed by atoms with Crippen molar-refractivity contribution in [1.82, 2.24) is 0 Å². The Hall–Kier alpha value is -2.50. The van der Waals surface area contributed by atoms with E-state index in [9.17, 15) is 18.0 Å². The molecule has 6 heteroatoms. The molecule has 110 valence electrons. The van der Waals surface area contributed by atoms with Crippen molar-refractivity contribution in [1.29, 1.82) is 0 Å². The van der Waals surface area contributed by atoms with E-state index >= 15 is 0 Å². The van der Waals surface area contributed by atoms with Crippen molar-refractivity contribution in [3.8, 4) is 0 Å². The second kappa shape index (κ2) is 5.47. The summed E-state index contributed by atoms with van der Waals surface area (Å²) in [6.45, 7) is 1.86. The lowest BCUT2D eigenvalue weighted by molar-refractivity contribution is -0.137. The predicted octanol–water partition coefficient (Wildman–Crippen LogP) is 3.85. The van der Waals surface area contributed by atoms with E-state index in [-0.39, 0.29) is 11.3 Å². The second-order valence-corrected chi connectivity index (χ2v) is 4.62. The van der Waals surface area contributed by atoms with Gasteiger partial charge in [-0.05, 0) is 42.8 Å². The third kappa shape index (κ3) is 3.53. The van der Waals surface area contributed by atoms with E-state index in [4.69, 9.17) is 5.73 Å². The van der Waals surface area contributed by atoms with Crippen LogP contribution in [-0.4, -0.2) is 5.91 Å². The zero-order valence-electron chi connectivity index (χ0n) is 11.2. The second-order valence-electron chi connectivity index (χ2n) is 4.62. The number of hydrogen-bond acceptors (Lipinski definition) is 2. The van der Waals surface area contributed by atoms with Crippen LogP contribution in [0.5, 0.6) is 0 Å². The van der Waals surface area contributed by atoms with E-state index in [0.717, 1.165) is 23.8 Å². The van der Waals surface area contributed by atoms with Gasteiger partial charge in [-0.3, -0.25) is 4.79 Å². The summed E-state index contributed by atoms with van der Waals surface area (Å²) < 4.78 is 37.6. The van der Waals surface area contributed by atoms with Gasteiger partial charge in [0.1, 0.15) is 0 Å². The smallest absolute Gasteiger partial charge is 0.398 e. The number of hydrogen-bond donors (Lipinski definition) is 2. The Balaban J connectivity index is 2.24. The predicted molar refractivity (Wildman–Crippen MR) is 75.0 cm³/mol. The first-order valence-corrected chi connectivity index (χ1v) is 6.12. The molecule has 0 radical (unpaired) electrons. The summed E-state index contributed by atoms with van der Waals surface area (Å²) in [5, 5.41) is 2.60. The van der Waals surface area contributed by atoms with Crippen LogP contribution in [0.1, 0.15) is 21.5 Å². The number of rotatable bonds is 2. The van der Waals surface area contributed by atoms with Crippen LogP contribution in [0, 0.1) is 6.92 Å². The van der Waals surface area contributed by atoms with Crippen LogP contribution >= 0.6 is 0 Å². The van der Waals surface area contributed by atoms with Gasteiger partial charge < -0.3 is 11.1 Å². The molecule has 0 saturated carbocycles. The topological polar surface area (TPSA) is 55.1 Å². The molecule has 2 aromatic carbocycles. The fourth-order valence-electron chi connectivity index (χ4n) is 1.87. The first kappa shape index (κ1) is 14.9. The van der Waals surface area contributed by atoms with Crippen molar-refractivity contribution < 1.29 is 18.0 Å². The van der Waals surface area contributed by atoms with E-state index in [1.165, 1.54) is 0 Å². The number of benzene rings is 2. The summed E-state index contributed by atoms with van der Waals surface area (Å²) in [6.07, 6.45) is -4.49. The highest BCUT2D eigenvalue weighted by atomic mass is 19.4. The molecule has 2 aromatic rings. The highest BCUT2D eigenvalue weighted by molar-refractivity contribution is 6.07. The molecule has 0 spiro atoms. The third-order valence-corrected chi connectivity index (χ3v) is 2.90. The van der Waals surface area contributed by atoms with Crippen LogP contribution in [0.15, 0.2) is 42.5 Å². The van der Waals surface area contributed by atoms with Crippen molar-refractivity contribution in [2.24, 2.45) is 0 Å². The Bertz CT molecular complexity index is 681. The van der Waals surface area contributed by atoms with Crippen molar-refractivity contribution >= 4 is 17.3 Å². The molecule has 0 fully saturated rings. The highest BCUT2D eigenvalue weighted by Gasteiger charge is 2.31. The molecular weight excluding hydrogens is 281 g/mol. The number of halogens is 3. The maximum atomic E-state index is 12.5. The van der Waals surface area contributed by atoms with Gasteiger partial charge in [0, 0.05) is 11.4 Å². The number of alkyl halides is 3. The van der Waals surface area contributed by atoms with E-state index in [1.54, 1.807) is 18.2 Å². The molecule has 0 atom stereocenters. The quantitative estimate of drug-likeness (QED) is 0.827. The van der Waals surface area contributed by atoms with Crippen LogP contribution in [0.3, 0.4) is 0 Å². The van der Waals surface area contributed by atoms with Gasteiger partial charge in [0.25, 0.3) is 5.91 Å². The Morgan fingerprint density at radius 3 is 2.43 bits per heavy atom. The van der Waals surface area contributed by atoms with Crippen LogP contribution in [0.2, 0.25) is 0 Å². The number of nitrogen functional groups attached to an aromatic ring is 1. The molecule has 21 heavy (non-hydrogen) atoms. The van der Waals surface area contributed by atoms with Crippen LogP contribution in [0.25, 0.3) is 0 Å². The van der Waals surface area contributed by atoms with Gasteiger partial charge in [0.2, 0.25) is 0 Å². The fourth-order valence-corrected chi connectivity index (χ4v) is 1.87. The number of nitrogens with one attached hydrogen (secondary N) is 1. The molecule has 0 saturated heterocycles. The largest absolute Gasteiger partial charge is 0.416 e. The van der Waals surface area contributed by atoms with Crippen molar-refractivity contribution in [2.75, 3.05) is 11.1 Å². The lowest BCUT2D eigenvalue weighted by Gasteiger charge is -2.11. The minimum Gasteiger partial charge on any atom is -0.398 e. The first-order valence-electron chi connectivity index (χ1n) is 6.12. The lowest BCUT2D eigenvalue weighted by Crippen LogP contribution is -2.15. The average molecular weight is 294 g/mol. The summed E-state index contributed by atoms with van der Waals surface area (Å²) in [7, 11) is 0. The number of aryl methyl sites for hydroxylation is 1. The van der Waals surface area contributed by atoms with Crippen molar-refractivity contribution in [3.63, 3.8) is 0 Å². The molecule has 0 heterocycles. The third-order valence-electron chi connectivity index (χ3n) is 2.90. The molecular formula is C15H13F3N2O. The van der Waals surface area contributed by atoms with Gasteiger partial charge in [-0.15, -0.1) is 0 Å². The monoisotopic (exact) mass is 294 g/mol. The molecule has 0 aliphatic heterocycles. The molecule has 0 aromatic heterocycles. The minimum absolute atomic E-state index is 0.00417. The number of carbonyl (C=O) groups excluding carboxylic acids is 1. The maximum absolute atomic E-state index is 12.5. The van der Waals surface area contributed by atoms with Gasteiger partial charge in [0.15, 0.2) is 0 Å². The summed E-state index contributed by atoms with van der Waals surface area (Å²) >= 11 is 0. The number of anilines is 2. The molecule has 1 amide bonds. The number of carbonyl (C=O) groups is 1. The lowest BCUT2D eigenvalue weighted by atomic mass is 10.1. The van der Waals surface area contributed by atoms with E-state index in [2.05, 4.69) is 5.32 Å². The van der Waals surface area contributed by atoms with E-state index < -0.39 is 17.6 Å². The minimum atomic E-state index is -4.49. The molecule has 2 rings (SSSR count). The van der Waals surface area contributed by atoms with E-state index in [0.29, 0.717) is 5.69 Å². The summed E-state index contributed by atoms with van der Waals surface area (Å²) in [5.41, 5.74) is 5.96. The van der Waals surface area contributed by atoms with Crippen LogP contribution in [0.4, 0.5) is 24.5 Å². The Morgan fingerprint density at radius 1 is 1.14 bits per heavy atom. The van der Waals surface area contributed by atoms with Gasteiger partial charge in [-0.1, -0.05) is 12.1 Å². The average Bonchev–Trinajstić information content (AvgIpc) is 2.37. The SMILES string of the molecule is Cc1cccc(NC(=O)c2ccc(C(F)(F)F)cc2N)c1. The molecule has 0 aliphatic carbocycles. The normalized spacial score (nSPS) is 11.2. The molecule has 3 nitrogen and oxygen atoms in total. The first-order chi connectivity index (χ1) is 9.77.